The van der Waals surface area contributed by atoms with Crippen molar-refractivity contribution in [1.82, 2.24) is 10.6 Å². The van der Waals surface area contributed by atoms with Gasteiger partial charge >= 0.3 is 6.03 Å². The van der Waals surface area contributed by atoms with Crippen LogP contribution >= 0.6 is 0 Å². The zero-order valence-electron chi connectivity index (χ0n) is 14.1. The molecule has 2 atom stereocenters. The van der Waals surface area contributed by atoms with E-state index in [1.807, 2.05) is 0 Å². The van der Waals surface area contributed by atoms with Crippen LogP contribution < -0.4 is 16.0 Å². The first-order chi connectivity index (χ1) is 11.7. The van der Waals surface area contributed by atoms with Crippen molar-refractivity contribution < 1.29 is 22.4 Å². The highest BCUT2D eigenvalue weighted by molar-refractivity contribution is 7.91. The molecule has 1 fully saturated rings. The Balaban J connectivity index is 1.97. The summed E-state index contributed by atoms with van der Waals surface area (Å²) >= 11 is 0. The molecule has 1 aromatic rings. The third-order valence-electron chi connectivity index (χ3n) is 3.94. The third kappa shape index (κ3) is 5.42. The maximum absolute atomic E-state index is 13.6. The van der Waals surface area contributed by atoms with Gasteiger partial charge in [-0.1, -0.05) is 26.0 Å². The SMILES string of the molecule is CC(C)[C@@H](NC(=O)NC1CCS(=O)(=O)C1)C(=O)Nc1ccccc1F. The minimum Gasteiger partial charge on any atom is -0.334 e. The summed E-state index contributed by atoms with van der Waals surface area (Å²) in [6, 6.07) is 3.76. The van der Waals surface area contributed by atoms with E-state index in [1.165, 1.54) is 18.2 Å². The van der Waals surface area contributed by atoms with Gasteiger partial charge in [0.2, 0.25) is 5.91 Å². The predicted octanol–water partition coefficient (Wildman–Crippen LogP) is 1.28. The Morgan fingerprint density at radius 2 is 1.92 bits per heavy atom. The second kappa shape index (κ2) is 7.81. The van der Waals surface area contributed by atoms with Crippen LogP contribution in [-0.4, -0.2) is 43.9 Å². The smallest absolute Gasteiger partial charge is 0.315 e. The molecular formula is C16H22FN3O4S. The van der Waals surface area contributed by atoms with Crippen LogP contribution in [0.1, 0.15) is 20.3 Å². The van der Waals surface area contributed by atoms with E-state index < -0.39 is 39.7 Å². The molecule has 1 saturated heterocycles. The summed E-state index contributed by atoms with van der Waals surface area (Å²) < 4.78 is 36.5. The molecule has 138 valence electrons. The van der Waals surface area contributed by atoms with Gasteiger partial charge in [0.25, 0.3) is 0 Å². The Bertz CT molecular complexity index is 752. The number of amides is 3. The Morgan fingerprint density at radius 3 is 2.48 bits per heavy atom. The molecule has 1 aliphatic heterocycles. The number of nitrogens with one attached hydrogen (secondary N) is 3. The average Bonchev–Trinajstić information content (AvgIpc) is 2.85. The van der Waals surface area contributed by atoms with E-state index >= 15 is 0 Å². The molecule has 2 rings (SSSR count). The van der Waals surface area contributed by atoms with Crippen molar-refractivity contribution in [3.8, 4) is 0 Å². The van der Waals surface area contributed by atoms with Crippen LogP contribution in [-0.2, 0) is 14.6 Å². The van der Waals surface area contributed by atoms with Crippen molar-refractivity contribution in [3.05, 3.63) is 30.1 Å². The Kier molecular flexibility index (Phi) is 5.99. The van der Waals surface area contributed by atoms with Gasteiger partial charge in [0.1, 0.15) is 11.9 Å². The molecule has 1 unspecified atom stereocenters. The zero-order chi connectivity index (χ0) is 18.6. The first-order valence-electron chi connectivity index (χ1n) is 8.01. The summed E-state index contributed by atoms with van der Waals surface area (Å²) in [5, 5.41) is 7.55. The van der Waals surface area contributed by atoms with Crippen LogP contribution in [0.15, 0.2) is 24.3 Å². The van der Waals surface area contributed by atoms with Gasteiger partial charge < -0.3 is 16.0 Å². The maximum atomic E-state index is 13.6. The van der Waals surface area contributed by atoms with E-state index in [0.717, 1.165) is 0 Å². The van der Waals surface area contributed by atoms with Crippen molar-refractivity contribution in [3.63, 3.8) is 0 Å². The normalized spacial score (nSPS) is 20.1. The number of para-hydroxylation sites is 1. The standard InChI is InChI=1S/C16H22FN3O4S/c1-10(2)14(15(21)19-13-6-4-3-5-12(13)17)20-16(22)18-11-7-8-25(23,24)9-11/h3-6,10-11,14H,7-9H2,1-2H3,(H,19,21)(H2,18,20,22)/t11?,14-/m1/s1. The maximum Gasteiger partial charge on any atom is 0.315 e. The van der Waals surface area contributed by atoms with Crippen LogP contribution in [0.3, 0.4) is 0 Å². The molecule has 0 bridgehead atoms. The van der Waals surface area contributed by atoms with Gasteiger partial charge in [0.15, 0.2) is 9.84 Å². The van der Waals surface area contributed by atoms with Crippen molar-refractivity contribution in [2.45, 2.75) is 32.4 Å². The van der Waals surface area contributed by atoms with Crippen LogP contribution in [0.2, 0.25) is 0 Å². The fourth-order valence-electron chi connectivity index (χ4n) is 2.59. The first kappa shape index (κ1) is 19.2. The van der Waals surface area contributed by atoms with Crippen molar-refractivity contribution in [2.24, 2.45) is 5.92 Å². The molecule has 3 N–H and O–H groups in total. The Labute approximate surface area is 146 Å². The van der Waals surface area contributed by atoms with Gasteiger partial charge in [-0.15, -0.1) is 0 Å². The topological polar surface area (TPSA) is 104 Å². The molecule has 0 saturated carbocycles. The van der Waals surface area contributed by atoms with Crippen LogP contribution in [0.5, 0.6) is 0 Å². The molecule has 0 radical (unpaired) electrons. The van der Waals surface area contributed by atoms with Crippen LogP contribution in [0, 0.1) is 11.7 Å². The third-order valence-corrected chi connectivity index (χ3v) is 5.70. The summed E-state index contributed by atoms with van der Waals surface area (Å²) in [6.45, 7) is 3.48. The average molecular weight is 371 g/mol. The van der Waals surface area contributed by atoms with Gasteiger partial charge in [-0.2, -0.15) is 0 Å². The second-order valence-corrected chi connectivity index (χ2v) is 8.64. The summed E-state index contributed by atoms with van der Waals surface area (Å²) in [6.07, 6.45) is 0.351. The molecule has 1 heterocycles. The number of hydrogen-bond acceptors (Lipinski definition) is 4. The van der Waals surface area contributed by atoms with Crippen LogP contribution in [0.25, 0.3) is 0 Å². The quantitative estimate of drug-likeness (QED) is 0.725. The lowest BCUT2D eigenvalue weighted by Gasteiger charge is -2.23. The summed E-state index contributed by atoms with van der Waals surface area (Å²) in [5.74, 6) is -1.42. The van der Waals surface area contributed by atoms with Gasteiger partial charge in [-0.25, -0.2) is 17.6 Å². The monoisotopic (exact) mass is 371 g/mol. The van der Waals surface area contributed by atoms with Gasteiger partial charge in [0.05, 0.1) is 17.2 Å². The number of hydrogen-bond donors (Lipinski definition) is 3. The number of carbonyl (C=O) groups excluding carboxylic acids is 2. The fourth-order valence-corrected chi connectivity index (χ4v) is 4.26. The Hall–Kier alpha value is -2.16. The molecule has 0 aliphatic carbocycles. The second-order valence-electron chi connectivity index (χ2n) is 6.41. The predicted molar refractivity (Wildman–Crippen MR) is 92.4 cm³/mol. The van der Waals surface area contributed by atoms with Crippen molar-refractivity contribution in [2.75, 3.05) is 16.8 Å². The van der Waals surface area contributed by atoms with Gasteiger partial charge in [-0.3, -0.25) is 4.79 Å². The van der Waals surface area contributed by atoms with Crippen molar-refractivity contribution >= 4 is 27.5 Å². The molecule has 25 heavy (non-hydrogen) atoms. The lowest BCUT2D eigenvalue weighted by atomic mass is 10.0. The van der Waals surface area contributed by atoms with E-state index in [4.69, 9.17) is 0 Å². The molecular weight excluding hydrogens is 349 g/mol. The molecule has 1 aromatic carbocycles. The van der Waals surface area contributed by atoms with Gasteiger partial charge in [-0.05, 0) is 24.5 Å². The van der Waals surface area contributed by atoms with Gasteiger partial charge in [0, 0.05) is 6.04 Å². The number of carbonyl (C=O) groups is 2. The number of anilines is 1. The minimum absolute atomic E-state index is 0.0299. The molecule has 3 amide bonds. The van der Waals surface area contributed by atoms with Crippen molar-refractivity contribution in [1.29, 1.82) is 0 Å². The number of halogens is 1. The fraction of sp³-hybridized carbons (Fsp3) is 0.500. The molecule has 1 aliphatic rings. The van der Waals surface area contributed by atoms with E-state index in [0.29, 0.717) is 6.42 Å². The first-order valence-corrected chi connectivity index (χ1v) is 9.83. The van der Waals surface area contributed by atoms with E-state index in [9.17, 15) is 22.4 Å². The summed E-state index contributed by atoms with van der Waals surface area (Å²) in [4.78, 5) is 24.4. The van der Waals surface area contributed by atoms with E-state index in [2.05, 4.69) is 16.0 Å². The zero-order valence-corrected chi connectivity index (χ0v) is 14.9. The number of urea groups is 1. The summed E-state index contributed by atoms with van der Waals surface area (Å²) in [7, 11) is -3.11. The van der Waals surface area contributed by atoms with E-state index in [-0.39, 0.29) is 23.1 Å². The van der Waals surface area contributed by atoms with E-state index in [1.54, 1.807) is 19.9 Å². The molecule has 0 aromatic heterocycles. The number of sulfone groups is 1. The number of rotatable bonds is 5. The lowest BCUT2D eigenvalue weighted by Crippen LogP contribution is -2.52. The highest BCUT2D eigenvalue weighted by Gasteiger charge is 2.31. The largest absolute Gasteiger partial charge is 0.334 e. The Morgan fingerprint density at radius 1 is 1.24 bits per heavy atom. The highest BCUT2D eigenvalue weighted by atomic mass is 32.2. The summed E-state index contributed by atoms with van der Waals surface area (Å²) in [5.41, 5.74) is 0.0299. The van der Waals surface area contributed by atoms with Crippen LogP contribution in [0.4, 0.5) is 14.9 Å². The molecule has 7 nitrogen and oxygen atoms in total. The highest BCUT2D eigenvalue weighted by Crippen LogP contribution is 2.14. The minimum atomic E-state index is -3.11. The molecule has 0 spiro atoms. The number of benzene rings is 1. The molecule has 9 heteroatoms. The lowest BCUT2D eigenvalue weighted by molar-refractivity contribution is -0.118.